The van der Waals surface area contributed by atoms with Gasteiger partial charge in [0.25, 0.3) is 0 Å². The topological polar surface area (TPSA) is 49.8 Å². The van der Waals surface area contributed by atoms with Gasteiger partial charge in [0.1, 0.15) is 34.8 Å². The summed E-state index contributed by atoms with van der Waals surface area (Å²) in [5, 5.41) is 5.88. The van der Waals surface area contributed by atoms with Crippen LogP contribution in [0.25, 0.3) is 0 Å². The lowest BCUT2D eigenvalue weighted by Gasteiger charge is -2.11. The molecule has 3 rings (SSSR count). The second-order valence-corrected chi connectivity index (χ2v) is 5.75. The van der Waals surface area contributed by atoms with Crippen molar-refractivity contribution in [1.82, 2.24) is 9.97 Å². The molecule has 128 valence electrons. The van der Waals surface area contributed by atoms with Gasteiger partial charge in [0.05, 0.1) is 0 Å². The molecule has 0 aliphatic heterocycles. The summed E-state index contributed by atoms with van der Waals surface area (Å²) in [6.07, 6.45) is 0. The summed E-state index contributed by atoms with van der Waals surface area (Å²) in [5.74, 6) is 0.0410. The molecule has 0 radical (unpaired) electrons. The van der Waals surface area contributed by atoms with Crippen LogP contribution in [0.1, 0.15) is 17.0 Å². The zero-order valence-corrected chi connectivity index (χ0v) is 14.0. The Balaban J connectivity index is 1.77. The van der Waals surface area contributed by atoms with Gasteiger partial charge in [0.15, 0.2) is 0 Å². The van der Waals surface area contributed by atoms with Gasteiger partial charge in [0.2, 0.25) is 0 Å². The van der Waals surface area contributed by atoms with Crippen molar-refractivity contribution < 1.29 is 8.78 Å². The van der Waals surface area contributed by atoms with E-state index in [1.165, 1.54) is 23.8 Å². The van der Waals surface area contributed by atoms with Gasteiger partial charge in [-0.05, 0) is 31.5 Å². The zero-order valence-electron chi connectivity index (χ0n) is 14.0. The number of aryl methyl sites for hydroxylation is 2. The highest BCUT2D eigenvalue weighted by molar-refractivity contribution is 5.60. The molecular formula is C19H18F2N4. The fraction of sp³-hybridized carbons (Fsp3) is 0.158. The van der Waals surface area contributed by atoms with Gasteiger partial charge >= 0.3 is 0 Å². The van der Waals surface area contributed by atoms with Crippen molar-refractivity contribution in [2.45, 2.75) is 20.4 Å². The Hall–Kier alpha value is -3.02. The highest BCUT2D eigenvalue weighted by Crippen LogP contribution is 2.23. The smallest absolute Gasteiger partial charge is 0.149 e. The Bertz CT molecular complexity index is 859. The molecular weight excluding hydrogens is 322 g/mol. The van der Waals surface area contributed by atoms with E-state index in [0.29, 0.717) is 24.0 Å². The SMILES string of the molecule is Cc1ccc(CNc2cc(Nc3c(F)cccc3F)nc(C)n2)cc1. The average Bonchev–Trinajstić information content (AvgIpc) is 2.57. The molecule has 2 N–H and O–H groups in total. The maximum absolute atomic E-state index is 13.8. The molecule has 0 unspecified atom stereocenters. The van der Waals surface area contributed by atoms with Crippen LogP contribution in [0.4, 0.5) is 26.1 Å². The van der Waals surface area contributed by atoms with Crippen molar-refractivity contribution in [3.8, 4) is 0 Å². The number of rotatable bonds is 5. The Morgan fingerprint density at radius 2 is 1.52 bits per heavy atom. The van der Waals surface area contributed by atoms with Crippen molar-refractivity contribution in [1.29, 1.82) is 0 Å². The molecule has 4 nitrogen and oxygen atoms in total. The predicted octanol–water partition coefficient (Wildman–Crippen LogP) is 4.73. The van der Waals surface area contributed by atoms with Crippen molar-refractivity contribution in [3.05, 3.63) is 77.1 Å². The summed E-state index contributed by atoms with van der Waals surface area (Å²) < 4.78 is 27.6. The first-order chi connectivity index (χ1) is 12.0. The third kappa shape index (κ3) is 4.29. The third-order valence-electron chi connectivity index (χ3n) is 3.65. The number of nitrogens with zero attached hydrogens (tertiary/aromatic N) is 2. The molecule has 1 heterocycles. The molecule has 0 saturated heterocycles. The van der Waals surface area contributed by atoms with Crippen molar-refractivity contribution in [2.75, 3.05) is 10.6 Å². The Labute approximate surface area is 145 Å². The highest BCUT2D eigenvalue weighted by Gasteiger charge is 2.10. The summed E-state index contributed by atoms with van der Waals surface area (Å²) in [6, 6.07) is 13.5. The van der Waals surface area contributed by atoms with E-state index in [4.69, 9.17) is 0 Å². The molecule has 0 amide bonds. The molecule has 1 aromatic heterocycles. The van der Waals surface area contributed by atoms with Crippen LogP contribution in [-0.2, 0) is 6.54 Å². The van der Waals surface area contributed by atoms with Gasteiger partial charge in [-0.1, -0.05) is 35.9 Å². The molecule has 0 saturated carbocycles. The number of nitrogens with one attached hydrogen (secondary N) is 2. The second kappa shape index (κ2) is 7.25. The molecule has 25 heavy (non-hydrogen) atoms. The van der Waals surface area contributed by atoms with Gasteiger partial charge in [-0.15, -0.1) is 0 Å². The van der Waals surface area contributed by atoms with Crippen LogP contribution < -0.4 is 10.6 Å². The maximum Gasteiger partial charge on any atom is 0.149 e. The predicted molar refractivity (Wildman–Crippen MR) is 94.9 cm³/mol. The summed E-state index contributed by atoms with van der Waals surface area (Å²) >= 11 is 0. The normalized spacial score (nSPS) is 10.6. The molecule has 2 aromatic carbocycles. The van der Waals surface area contributed by atoms with Crippen molar-refractivity contribution in [3.63, 3.8) is 0 Å². The Kier molecular flexibility index (Phi) is 4.88. The molecule has 6 heteroatoms. The van der Waals surface area contributed by atoms with E-state index in [1.807, 2.05) is 31.2 Å². The number of aromatic nitrogens is 2. The monoisotopic (exact) mass is 340 g/mol. The maximum atomic E-state index is 13.8. The van der Waals surface area contributed by atoms with E-state index in [1.54, 1.807) is 13.0 Å². The first-order valence-electron chi connectivity index (χ1n) is 7.87. The fourth-order valence-electron chi connectivity index (χ4n) is 2.37. The summed E-state index contributed by atoms with van der Waals surface area (Å²) in [4.78, 5) is 8.49. The van der Waals surface area contributed by atoms with E-state index in [2.05, 4.69) is 20.6 Å². The minimum Gasteiger partial charge on any atom is -0.366 e. The van der Waals surface area contributed by atoms with E-state index in [-0.39, 0.29) is 5.69 Å². The molecule has 0 fully saturated rings. The first kappa shape index (κ1) is 16.8. The van der Waals surface area contributed by atoms with E-state index in [0.717, 1.165) is 5.56 Å². The summed E-state index contributed by atoms with van der Waals surface area (Å²) in [6.45, 7) is 4.34. The number of anilines is 3. The highest BCUT2D eigenvalue weighted by atomic mass is 19.1. The molecule has 0 aliphatic carbocycles. The van der Waals surface area contributed by atoms with Crippen molar-refractivity contribution >= 4 is 17.3 Å². The quantitative estimate of drug-likeness (QED) is 0.705. The standard InChI is InChI=1S/C19H18F2N4/c1-12-6-8-14(9-7-12)11-22-17-10-18(24-13(2)23-17)25-19-15(20)4-3-5-16(19)21/h3-10H,11H2,1-2H3,(H2,22,23,24,25). The number of halogens is 2. The van der Waals surface area contributed by atoms with E-state index >= 15 is 0 Å². The molecule has 3 aromatic rings. The zero-order chi connectivity index (χ0) is 17.8. The summed E-state index contributed by atoms with van der Waals surface area (Å²) in [5.41, 5.74) is 2.07. The molecule has 0 atom stereocenters. The number of hydrogen-bond donors (Lipinski definition) is 2. The number of benzene rings is 2. The largest absolute Gasteiger partial charge is 0.366 e. The minimum atomic E-state index is -0.676. The van der Waals surface area contributed by atoms with Gasteiger partial charge in [0, 0.05) is 12.6 Å². The van der Waals surface area contributed by atoms with Crippen LogP contribution in [0.15, 0.2) is 48.5 Å². The van der Waals surface area contributed by atoms with Gasteiger partial charge in [-0.25, -0.2) is 18.7 Å². The van der Waals surface area contributed by atoms with Crippen LogP contribution in [0.2, 0.25) is 0 Å². The van der Waals surface area contributed by atoms with Gasteiger partial charge in [-0.3, -0.25) is 0 Å². The number of hydrogen-bond acceptors (Lipinski definition) is 4. The van der Waals surface area contributed by atoms with E-state index < -0.39 is 11.6 Å². The van der Waals surface area contributed by atoms with Crippen LogP contribution in [0, 0.1) is 25.5 Å². The van der Waals surface area contributed by atoms with Crippen LogP contribution in [0.3, 0.4) is 0 Å². The molecule has 0 aliphatic rings. The van der Waals surface area contributed by atoms with Crippen LogP contribution in [0.5, 0.6) is 0 Å². The fourth-order valence-corrected chi connectivity index (χ4v) is 2.37. The second-order valence-electron chi connectivity index (χ2n) is 5.75. The lowest BCUT2D eigenvalue weighted by Crippen LogP contribution is -2.06. The average molecular weight is 340 g/mol. The Morgan fingerprint density at radius 1 is 0.880 bits per heavy atom. The lowest BCUT2D eigenvalue weighted by atomic mass is 10.1. The molecule has 0 bridgehead atoms. The summed E-state index contributed by atoms with van der Waals surface area (Å²) in [7, 11) is 0. The van der Waals surface area contributed by atoms with Gasteiger partial charge < -0.3 is 10.6 Å². The lowest BCUT2D eigenvalue weighted by molar-refractivity contribution is 0.590. The van der Waals surface area contributed by atoms with E-state index in [9.17, 15) is 8.78 Å². The first-order valence-corrected chi connectivity index (χ1v) is 7.87. The van der Waals surface area contributed by atoms with Gasteiger partial charge in [-0.2, -0.15) is 0 Å². The number of para-hydroxylation sites is 1. The third-order valence-corrected chi connectivity index (χ3v) is 3.65. The minimum absolute atomic E-state index is 0.231. The van der Waals surface area contributed by atoms with Crippen molar-refractivity contribution in [2.24, 2.45) is 0 Å². The van der Waals surface area contributed by atoms with Crippen LogP contribution >= 0.6 is 0 Å². The van der Waals surface area contributed by atoms with Crippen LogP contribution in [-0.4, -0.2) is 9.97 Å². The Morgan fingerprint density at radius 3 is 2.20 bits per heavy atom. The molecule has 0 spiro atoms.